The molecule has 200 valence electrons. The number of likely N-dealkylation sites (N-methyl/N-ethyl adjacent to an activating group) is 1. The summed E-state index contributed by atoms with van der Waals surface area (Å²) in [4.78, 5) is 15.0. The molecule has 36 heavy (non-hydrogen) atoms. The summed E-state index contributed by atoms with van der Waals surface area (Å²) in [7, 11) is -2.09. The summed E-state index contributed by atoms with van der Waals surface area (Å²) in [5.41, 5.74) is 2.19. The lowest BCUT2D eigenvalue weighted by atomic mass is 9.93. The van der Waals surface area contributed by atoms with Crippen LogP contribution in [-0.2, 0) is 19.6 Å². The molecule has 2 heterocycles. The van der Waals surface area contributed by atoms with Gasteiger partial charge in [-0.1, -0.05) is 19.1 Å². The first-order valence-corrected chi connectivity index (χ1v) is 14.6. The van der Waals surface area contributed by atoms with E-state index < -0.39 is 22.2 Å². The lowest BCUT2D eigenvalue weighted by Gasteiger charge is -2.38. The number of nitrogens with zero attached hydrogens (tertiary/aromatic N) is 2. The van der Waals surface area contributed by atoms with E-state index in [4.69, 9.17) is 9.47 Å². The maximum atomic E-state index is 13.7. The predicted octanol–water partition coefficient (Wildman–Crippen LogP) is 3.30. The molecular formula is C27H40N2O6S. The van der Waals surface area contributed by atoms with Crippen LogP contribution in [0.25, 0.3) is 5.57 Å². The number of sulfonamides is 1. The number of hydrogen-bond donors (Lipinski definition) is 1. The van der Waals surface area contributed by atoms with Crippen LogP contribution in [0.4, 0.5) is 0 Å². The molecule has 9 heteroatoms. The van der Waals surface area contributed by atoms with Gasteiger partial charge >= 0.3 is 0 Å². The Hall–Kier alpha value is -1.94. The Labute approximate surface area is 215 Å². The second-order valence-electron chi connectivity index (χ2n) is 10.5. The van der Waals surface area contributed by atoms with E-state index >= 15 is 0 Å². The third-order valence-corrected chi connectivity index (χ3v) is 9.75. The fourth-order valence-electron chi connectivity index (χ4n) is 5.36. The summed E-state index contributed by atoms with van der Waals surface area (Å²) in [5, 5.41) is 9.85. The monoisotopic (exact) mass is 520 g/mol. The molecule has 0 saturated carbocycles. The molecule has 1 saturated heterocycles. The van der Waals surface area contributed by atoms with Crippen LogP contribution in [0.2, 0.25) is 0 Å². The minimum Gasteiger partial charge on any atom is -0.487 e. The molecule has 0 unspecified atom stereocenters. The van der Waals surface area contributed by atoms with E-state index in [1.165, 1.54) is 16.3 Å². The third kappa shape index (κ3) is 5.79. The minimum atomic E-state index is -3.89. The summed E-state index contributed by atoms with van der Waals surface area (Å²) in [6.07, 6.45) is 7.51. The maximum Gasteiger partial charge on any atom is 0.247 e. The van der Waals surface area contributed by atoms with Crippen molar-refractivity contribution in [2.75, 3.05) is 40.0 Å². The van der Waals surface area contributed by atoms with Gasteiger partial charge in [-0.15, -0.1) is 0 Å². The Balaban J connectivity index is 1.68. The third-order valence-electron chi connectivity index (χ3n) is 7.73. The van der Waals surface area contributed by atoms with Gasteiger partial charge in [0.15, 0.2) is 0 Å². The smallest absolute Gasteiger partial charge is 0.247 e. The summed E-state index contributed by atoms with van der Waals surface area (Å²) in [5.74, 6) is 0.128. The number of benzene rings is 1. The fourth-order valence-corrected chi connectivity index (χ4v) is 7.19. The average molecular weight is 521 g/mol. The molecule has 0 bridgehead atoms. The number of ether oxygens (including phenoxy) is 2. The molecule has 1 aliphatic carbocycles. The number of allylic oxidation sites excluding steroid dienone is 2. The van der Waals surface area contributed by atoms with Gasteiger partial charge in [0.2, 0.25) is 15.9 Å². The molecule has 4 rings (SSSR count). The SMILES string of the molecule is C[C@H]1CN([C@@H](C)CO)S(=O)(=O)c2ccc(C3=CCCCC3)cc2O[C@H]1CN(C)C(=O)C1CCOCC1. The van der Waals surface area contributed by atoms with Crippen LogP contribution in [0.15, 0.2) is 29.2 Å². The highest BCUT2D eigenvalue weighted by atomic mass is 32.2. The van der Waals surface area contributed by atoms with Gasteiger partial charge < -0.3 is 19.5 Å². The van der Waals surface area contributed by atoms with Crippen LogP contribution in [0.1, 0.15) is 57.9 Å². The number of rotatable bonds is 6. The van der Waals surface area contributed by atoms with Gasteiger partial charge in [0, 0.05) is 44.7 Å². The summed E-state index contributed by atoms with van der Waals surface area (Å²) < 4.78 is 40.7. The zero-order valence-corrected chi connectivity index (χ0v) is 22.5. The van der Waals surface area contributed by atoms with E-state index in [9.17, 15) is 18.3 Å². The van der Waals surface area contributed by atoms with Crippen molar-refractivity contribution in [3.63, 3.8) is 0 Å². The largest absolute Gasteiger partial charge is 0.487 e. The van der Waals surface area contributed by atoms with E-state index in [0.29, 0.717) is 38.3 Å². The second kappa shape index (κ2) is 11.6. The Morgan fingerprint density at radius 1 is 1.25 bits per heavy atom. The number of hydrogen-bond acceptors (Lipinski definition) is 6. The van der Waals surface area contributed by atoms with Crippen LogP contribution in [0, 0.1) is 11.8 Å². The van der Waals surface area contributed by atoms with Crippen molar-refractivity contribution in [3.05, 3.63) is 29.8 Å². The number of aliphatic hydroxyl groups excluding tert-OH is 1. The standard InChI is InChI=1S/C27H40N2O6S/c1-19-16-29(20(2)18-30)36(32,33)26-10-9-23(21-7-5-4-6-8-21)15-24(26)35-25(19)17-28(3)27(31)22-11-13-34-14-12-22/h7,9-10,15,19-20,22,25,30H,4-6,8,11-14,16-18H2,1-3H3/t19-,20-,25-/m0/s1. The van der Waals surface area contributed by atoms with Gasteiger partial charge in [0.05, 0.1) is 13.2 Å². The van der Waals surface area contributed by atoms with Gasteiger partial charge in [-0.2, -0.15) is 4.31 Å². The van der Waals surface area contributed by atoms with Gasteiger partial charge in [-0.25, -0.2) is 8.42 Å². The molecule has 1 aromatic carbocycles. The first kappa shape index (κ1) is 27.1. The molecule has 0 radical (unpaired) electrons. The van der Waals surface area contributed by atoms with Crippen molar-refractivity contribution in [3.8, 4) is 5.75 Å². The van der Waals surface area contributed by atoms with Crippen molar-refractivity contribution < 1.29 is 27.8 Å². The van der Waals surface area contributed by atoms with E-state index in [1.54, 1.807) is 24.9 Å². The normalized spacial score (nSPS) is 26.1. The van der Waals surface area contributed by atoms with Crippen LogP contribution < -0.4 is 4.74 Å². The second-order valence-corrected chi connectivity index (χ2v) is 12.3. The van der Waals surface area contributed by atoms with Crippen LogP contribution in [0.3, 0.4) is 0 Å². The topological polar surface area (TPSA) is 96.4 Å². The van der Waals surface area contributed by atoms with Crippen molar-refractivity contribution in [1.82, 2.24) is 9.21 Å². The molecule has 1 aromatic rings. The maximum absolute atomic E-state index is 13.7. The van der Waals surface area contributed by atoms with E-state index in [-0.39, 0.29) is 35.8 Å². The molecule has 0 aromatic heterocycles. The molecule has 0 spiro atoms. The lowest BCUT2D eigenvalue weighted by Crippen LogP contribution is -2.50. The number of amides is 1. The highest BCUT2D eigenvalue weighted by Crippen LogP contribution is 2.37. The summed E-state index contributed by atoms with van der Waals surface area (Å²) in [6, 6.07) is 4.76. The lowest BCUT2D eigenvalue weighted by molar-refractivity contribution is -0.138. The number of fused-ring (bicyclic) bond motifs is 1. The molecule has 8 nitrogen and oxygen atoms in total. The first-order valence-electron chi connectivity index (χ1n) is 13.2. The Morgan fingerprint density at radius 2 is 2.00 bits per heavy atom. The highest BCUT2D eigenvalue weighted by molar-refractivity contribution is 7.89. The number of carbonyl (C=O) groups is 1. The number of carbonyl (C=O) groups excluding carboxylic acids is 1. The zero-order chi connectivity index (χ0) is 25.9. The van der Waals surface area contributed by atoms with E-state index in [2.05, 4.69) is 6.08 Å². The van der Waals surface area contributed by atoms with Crippen molar-refractivity contribution in [2.24, 2.45) is 11.8 Å². The molecule has 1 amide bonds. The van der Waals surface area contributed by atoms with E-state index in [1.807, 2.05) is 19.1 Å². The first-order chi connectivity index (χ1) is 17.2. The van der Waals surface area contributed by atoms with Gasteiger partial charge in [0.1, 0.15) is 16.7 Å². The van der Waals surface area contributed by atoms with Crippen LogP contribution in [-0.4, -0.2) is 80.7 Å². The quantitative estimate of drug-likeness (QED) is 0.618. The fraction of sp³-hybridized carbons (Fsp3) is 0.667. The molecule has 1 N–H and O–H groups in total. The van der Waals surface area contributed by atoms with E-state index in [0.717, 1.165) is 24.8 Å². The van der Waals surface area contributed by atoms with Crippen LogP contribution in [0.5, 0.6) is 5.75 Å². The molecule has 3 atom stereocenters. The molecule has 3 aliphatic rings. The Morgan fingerprint density at radius 3 is 2.67 bits per heavy atom. The minimum absolute atomic E-state index is 0.0592. The Kier molecular flexibility index (Phi) is 8.75. The average Bonchev–Trinajstić information content (AvgIpc) is 2.90. The predicted molar refractivity (Wildman–Crippen MR) is 138 cm³/mol. The molecule has 1 fully saturated rings. The molecule has 2 aliphatic heterocycles. The van der Waals surface area contributed by atoms with Crippen molar-refractivity contribution in [1.29, 1.82) is 0 Å². The van der Waals surface area contributed by atoms with Gasteiger partial charge in [-0.05, 0) is 68.7 Å². The van der Waals surface area contributed by atoms with Gasteiger partial charge in [0.25, 0.3) is 0 Å². The summed E-state index contributed by atoms with van der Waals surface area (Å²) >= 11 is 0. The number of aliphatic hydroxyl groups is 1. The summed E-state index contributed by atoms with van der Waals surface area (Å²) in [6.45, 7) is 5.12. The van der Waals surface area contributed by atoms with Crippen LogP contribution >= 0.6 is 0 Å². The highest BCUT2D eigenvalue weighted by Gasteiger charge is 2.39. The van der Waals surface area contributed by atoms with Crippen molar-refractivity contribution >= 4 is 21.5 Å². The zero-order valence-electron chi connectivity index (χ0n) is 21.7. The Bertz CT molecular complexity index is 1070. The molecular weight excluding hydrogens is 480 g/mol. The van der Waals surface area contributed by atoms with Crippen molar-refractivity contribution in [2.45, 2.75) is 69.4 Å². The van der Waals surface area contributed by atoms with Gasteiger partial charge in [-0.3, -0.25) is 4.79 Å².